The van der Waals surface area contributed by atoms with Crippen molar-refractivity contribution in [2.24, 2.45) is 0 Å². The van der Waals surface area contributed by atoms with Gasteiger partial charge in [0.15, 0.2) is 8.32 Å². The van der Waals surface area contributed by atoms with Crippen molar-refractivity contribution in [3.8, 4) is 5.75 Å². The Labute approximate surface area is 220 Å². The number of pyridine rings is 1. The molecule has 0 fully saturated rings. The number of fused-ring (bicyclic) bond motifs is 1. The van der Waals surface area contributed by atoms with Gasteiger partial charge in [0, 0.05) is 23.5 Å². The van der Waals surface area contributed by atoms with Gasteiger partial charge in [-0.25, -0.2) is 0 Å². The lowest BCUT2D eigenvalue weighted by atomic mass is 9.93. The van der Waals surface area contributed by atoms with E-state index in [1.54, 1.807) is 12.1 Å². The summed E-state index contributed by atoms with van der Waals surface area (Å²) in [5.41, 5.74) is 2.57. The van der Waals surface area contributed by atoms with Gasteiger partial charge in [0.05, 0.1) is 18.0 Å². The Hall–Kier alpha value is -2.94. The monoisotopic (exact) mass is 524 g/mol. The normalized spacial score (nSPS) is 13.6. The zero-order valence-electron chi connectivity index (χ0n) is 22.9. The van der Waals surface area contributed by atoms with Crippen LogP contribution >= 0.6 is 0 Å². The highest BCUT2D eigenvalue weighted by molar-refractivity contribution is 6.74. The lowest BCUT2D eigenvalue weighted by Gasteiger charge is -2.40. The van der Waals surface area contributed by atoms with E-state index in [4.69, 9.17) is 9.53 Å². The van der Waals surface area contributed by atoms with Crippen molar-refractivity contribution < 1.29 is 19.4 Å². The Morgan fingerprint density at radius 1 is 1.05 bits per heavy atom. The number of H-pyrrole nitrogens is 1. The summed E-state index contributed by atoms with van der Waals surface area (Å²) < 4.78 is 6.91. The van der Waals surface area contributed by atoms with Gasteiger partial charge >= 0.3 is 5.97 Å². The molecule has 0 amide bonds. The summed E-state index contributed by atoms with van der Waals surface area (Å²) in [7, 11) is -2.19. The van der Waals surface area contributed by atoms with Crippen molar-refractivity contribution in [1.82, 2.24) is 10.3 Å². The van der Waals surface area contributed by atoms with E-state index in [-0.39, 0.29) is 34.4 Å². The molecule has 0 aliphatic heterocycles. The van der Waals surface area contributed by atoms with Crippen LogP contribution in [0.15, 0.2) is 53.3 Å². The molecule has 2 aromatic carbocycles. The zero-order valence-corrected chi connectivity index (χ0v) is 23.9. The molecule has 0 spiro atoms. The summed E-state index contributed by atoms with van der Waals surface area (Å²) in [6.45, 7) is 15.8. The number of phenols is 1. The summed E-state index contributed by atoms with van der Waals surface area (Å²) in [6.07, 6.45) is 0.393. The summed E-state index contributed by atoms with van der Waals surface area (Å²) in [5, 5.41) is 24.0. The van der Waals surface area contributed by atoms with Gasteiger partial charge in [0.1, 0.15) is 5.75 Å². The van der Waals surface area contributed by atoms with Crippen molar-refractivity contribution in [2.45, 2.75) is 77.2 Å². The average molecular weight is 525 g/mol. The number of carboxylic acids is 1. The lowest BCUT2D eigenvalue weighted by molar-refractivity contribution is -0.136. The fourth-order valence-electron chi connectivity index (χ4n) is 4.25. The van der Waals surface area contributed by atoms with Gasteiger partial charge in [-0.05, 0) is 67.2 Å². The van der Waals surface area contributed by atoms with E-state index in [0.717, 1.165) is 22.1 Å². The van der Waals surface area contributed by atoms with Crippen molar-refractivity contribution in [2.75, 3.05) is 6.54 Å². The number of nitrogens with one attached hydrogen (secondary N) is 2. The minimum atomic E-state index is -2.19. The predicted molar refractivity (Wildman–Crippen MR) is 151 cm³/mol. The number of phenolic OH excluding ortho intramolecular Hbond substituents is 1. The summed E-state index contributed by atoms with van der Waals surface area (Å²) in [6, 6.07) is 14.4. The Balaban J connectivity index is 1.92. The molecule has 0 saturated heterocycles. The highest BCUT2D eigenvalue weighted by atomic mass is 28.4. The molecular weight excluding hydrogens is 484 g/mol. The van der Waals surface area contributed by atoms with Gasteiger partial charge in [0.2, 0.25) is 5.56 Å². The number of aromatic hydroxyl groups is 1. The Kier molecular flexibility index (Phi) is 8.36. The van der Waals surface area contributed by atoms with Crippen LogP contribution in [0.4, 0.5) is 0 Å². The lowest BCUT2D eigenvalue weighted by Crippen LogP contribution is -2.47. The smallest absolute Gasteiger partial charge is 0.307 e. The second-order valence-electron chi connectivity index (χ2n) is 12.0. The standard InChI is InChI=1S/C29H40N2O5Si/c1-28(2,3)37(6,7)36-24(21-11-13-23(32)27-22(21)12-14-25(33)31-27)18-30-29(4,5)17-20-10-8-9-19(15-20)16-26(34)35/h8-15,24,30,32H,16-18H2,1-7H3,(H,31,33)(H,34,35)/t24-/m0/s1. The molecule has 1 aromatic heterocycles. The number of carboxylic acid groups (broad SMARTS) is 1. The Morgan fingerprint density at radius 2 is 1.73 bits per heavy atom. The molecule has 0 aliphatic rings. The third kappa shape index (κ3) is 7.31. The van der Waals surface area contributed by atoms with E-state index in [1.165, 1.54) is 6.07 Å². The van der Waals surface area contributed by atoms with Crippen LogP contribution in [-0.2, 0) is 22.1 Å². The first kappa shape index (κ1) is 28.6. The topological polar surface area (TPSA) is 112 Å². The van der Waals surface area contributed by atoms with Crippen LogP contribution in [0.25, 0.3) is 10.9 Å². The molecule has 3 aromatic rings. The maximum Gasteiger partial charge on any atom is 0.307 e. The zero-order chi connectivity index (χ0) is 27.6. The number of carbonyl (C=O) groups is 1. The number of hydrogen-bond acceptors (Lipinski definition) is 5. The first-order chi connectivity index (χ1) is 17.1. The number of aliphatic carboxylic acids is 1. The van der Waals surface area contributed by atoms with Crippen molar-refractivity contribution in [1.29, 1.82) is 0 Å². The molecule has 7 nitrogen and oxygen atoms in total. The first-order valence-electron chi connectivity index (χ1n) is 12.7. The number of aromatic nitrogens is 1. The highest BCUT2D eigenvalue weighted by Crippen LogP contribution is 2.41. The third-order valence-electron chi connectivity index (χ3n) is 7.26. The van der Waals surface area contributed by atoms with E-state index in [0.29, 0.717) is 18.5 Å². The minimum Gasteiger partial charge on any atom is -0.506 e. The maximum atomic E-state index is 12.0. The van der Waals surface area contributed by atoms with E-state index >= 15 is 0 Å². The third-order valence-corrected chi connectivity index (χ3v) is 11.7. The number of benzene rings is 2. The fraction of sp³-hybridized carbons (Fsp3) is 0.448. The first-order valence-corrected chi connectivity index (χ1v) is 15.6. The number of hydrogen-bond donors (Lipinski definition) is 4. The van der Waals surface area contributed by atoms with Crippen molar-refractivity contribution in [3.63, 3.8) is 0 Å². The second kappa shape index (κ2) is 10.8. The van der Waals surface area contributed by atoms with Crippen LogP contribution in [0.5, 0.6) is 5.75 Å². The van der Waals surface area contributed by atoms with Crippen molar-refractivity contribution >= 4 is 25.2 Å². The Bertz CT molecular complexity index is 1320. The summed E-state index contributed by atoms with van der Waals surface area (Å²) in [5.74, 6) is -0.820. The molecule has 0 unspecified atom stereocenters. The SMILES string of the molecule is CC(C)(Cc1cccc(CC(=O)O)c1)NC[C@H](O[Si](C)(C)C(C)(C)C)c1ccc(O)c2[nH]c(=O)ccc12. The number of rotatable bonds is 10. The molecule has 37 heavy (non-hydrogen) atoms. The Morgan fingerprint density at radius 3 is 2.38 bits per heavy atom. The van der Waals surface area contributed by atoms with Gasteiger partial charge in [-0.2, -0.15) is 0 Å². The molecular formula is C29H40N2O5Si. The molecule has 0 bridgehead atoms. The molecule has 0 aliphatic carbocycles. The molecule has 0 radical (unpaired) electrons. The van der Waals surface area contributed by atoms with Crippen LogP contribution < -0.4 is 10.9 Å². The minimum absolute atomic E-state index is 0.000143. The van der Waals surface area contributed by atoms with Crippen LogP contribution in [0.2, 0.25) is 18.1 Å². The summed E-state index contributed by atoms with van der Waals surface area (Å²) in [4.78, 5) is 25.8. The molecule has 0 saturated carbocycles. The van der Waals surface area contributed by atoms with Crippen LogP contribution in [0, 0.1) is 0 Å². The van der Waals surface area contributed by atoms with Crippen LogP contribution in [-0.4, -0.2) is 41.6 Å². The largest absolute Gasteiger partial charge is 0.506 e. The predicted octanol–water partition coefficient (Wildman–Crippen LogP) is 5.53. The molecule has 3 rings (SSSR count). The average Bonchev–Trinajstić information content (AvgIpc) is 2.76. The van der Waals surface area contributed by atoms with Crippen LogP contribution in [0.3, 0.4) is 0 Å². The summed E-state index contributed by atoms with van der Waals surface area (Å²) >= 11 is 0. The molecule has 1 atom stereocenters. The van der Waals surface area contributed by atoms with Gasteiger partial charge < -0.3 is 24.9 Å². The van der Waals surface area contributed by atoms with Gasteiger partial charge in [-0.1, -0.05) is 51.1 Å². The molecule has 1 heterocycles. The van der Waals surface area contributed by atoms with Gasteiger partial charge in [-0.15, -0.1) is 0 Å². The highest BCUT2D eigenvalue weighted by Gasteiger charge is 2.40. The van der Waals surface area contributed by atoms with E-state index in [2.05, 4.69) is 58.0 Å². The molecule has 8 heteroatoms. The second-order valence-corrected chi connectivity index (χ2v) is 16.7. The van der Waals surface area contributed by atoms with Gasteiger partial charge in [0.25, 0.3) is 0 Å². The van der Waals surface area contributed by atoms with E-state index < -0.39 is 14.3 Å². The molecule has 4 N–H and O–H groups in total. The number of aromatic amines is 1. The molecule has 200 valence electrons. The quantitative estimate of drug-likeness (QED) is 0.259. The fourth-order valence-corrected chi connectivity index (χ4v) is 5.53. The van der Waals surface area contributed by atoms with Crippen LogP contribution in [0.1, 0.15) is 57.4 Å². The van der Waals surface area contributed by atoms with E-state index in [1.807, 2.05) is 30.3 Å². The van der Waals surface area contributed by atoms with E-state index in [9.17, 15) is 14.7 Å². The van der Waals surface area contributed by atoms with Crippen molar-refractivity contribution in [3.05, 3.63) is 75.6 Å². The van der Waals surface area contributed by atoms with Gasteiger partial charge in [-0.3, -0.25) is 9.59 Å². The maximum absolute atomic E-state index is 12.0.